The van der Waals surface area contributed by atoms with E-state index in [1.54, 1.807) is 44.2 Å². The van der Waals surface area contributed by atoms with E-state index in [0.29, 0.717) is 5.56 Å². The van der Waals surface area contributed by atoms with Gasteiger partial charge in [-0.2, -0.15) is 13.2 Å². The summed E-state index contributed by atoms with van der Waals surface area (Å²) in [4.78, 5) is 40.4. The molecule has 0 aromatic heterocycles. The first kappa shape index (κ1) is 23.0. The third-order valence-electron chi connectivity index (χ3n) is 6.71. The van der Waals surface area contributed by atoms with Crippen molar-refractivity contribution in [1.29, 1.82) is 0 Å². The summed E-state index contributed by atoms with van der Waals surface area (Å²) in [6, 6.07) is 12.2. The van der Waals surface area contributed by atoms with Crippen LogP contribution < -0.4 is 5.32 Å². The topological polar surface area (TPSA) is 86.7 Å². The van der Waals surface area contributed by atoms with Crippen LogP contribution in [0.15, 0.2) is 54.6 Å². The van der Waals surface area contributed by atoms with E-state index in [1.807, 2.05) is 0 Å². The third kappa shape index (κ3) is 3.60. The van der Waals surface area contributed by atoms with Gasteiger partial charge >= 0.3 is 12.1 Å². The van der Waals surface area contributed by atoms with E-state index in [0.717, 1.165) is 17.0 Å². The average molecular weight is 460 g/mol. The zero-order valence-electron chi connectivity index (χ0n) is 18.0. The van der Waals surface area contributed by atoms with E-state index >= 15 is 0 Å². The second-order valence-electron chi connectivity index (χ2n) is 8.83. The fourth-order valence-electron chi connectivity index (χ4n) is 5.09. The number of nitrogens with zero attached hydrogens (tertiary/aromatic N) is 1. The number of hydrogen-bond acceptors (Lipinski definition) is 4. The van der Waals surface area contributed by atoms with Gasteiger partial charge in [-0.1, -0.05) is 56.3 Å². The lowest BCUT2D eigenvalue weighted by molar-refractivity contribution is -0.154. The smallest absolute Gasteiger partial charge is 0.416 e. The molecule has 2 aromatic rings. The van der Waals surface area contributed by atoms with Crippen molar-refractivity contribution in [2.45, 2.75) is 38.1 Å². The summed E-state index contributed by atoms with van der Waals surface area (Å²) in [7, 11) is 0. The van der Waals surface area contributed by atoms with Crippen LogP contribution in [0.3, 0.4) is 0 Å². The Kier molecular flexibility index (Phi) is 5.56. The molecule has 4 rings (SSSR count). The molecule has 4 atom stereocenters. The maximum atomic E-state index is 13.5. The highest BCUT2D eigenvalue weighted by molar-refractivity contribution is 6.09. The summed E-state index contributed by atoms with van der Waals surface area (Å²) in [5, 5.41) is 13.1. The van der Waals surface area contributed by atoms with Crippen LogP contribution in [0.1, 0.15) is 36.6 Å². The van der Waals surface area contributed by atoms with Gasteiger partial charge in [0, 0.05) is 6.04 Å². The number of fused-ring (bicyclic) bond motifs is 1. The number of alkyl halides is 3. The van der Waals surface area contributed by atoms with Crippen LogP contribution in [0.25, 0.3) is 0 Å². The van der Waals surface area contributed by atoms with Gasteiger partial charge in [0.1, 0.15) is 5.54 Å². The Morgan fingerprint density at radius 2 is 1.76 bits per heavy atom. The summed E-state index contributed by atoms with van der Waals surface area (Å²) in [5.41, 5.74) is -1.91. The predicted octanol–water partition coefficient (Wildman–Crippen LogP) is 3.63. The average Bonchev–Trinajstić information content (AvgIpc) is 3.25. The first-order valence-electron chi connectivity index (χ1n) is 10.6. The molecule has 2 saturated heterocycles. The molecular weight excluding hydrogens is 437 g/mol. The summed E-state index contributed by atoms with van der Waals surface area (Å²) in [6.45, 7) is 3.20. The molecule has 0 aliphatic carbocycles. The fraction of sp³-hybridized carbons (Fsp3) is 0.375. The van der Waals surface area contributed by atoms with E-state index in [1.165, 1.54) is 12.1 Å². The third-order valence-corrected chi connectivity index (χ3v) is 6.71. The van der Waals surface area contributed by atoms with Crippen LogP contribution in [0.5, 0.6) is 0 Å². The second-order valence-corrected chi connectivity index (χ2v) is 8.83. The van der Waals surface area contributed by atoms with Crippen molar-refractivity contribution in [2.75, 3.05) is 0 Å². The number of halogens is 3. The Balaban J connectivity index is 1.82. The molecule has 0 bridgehead atoms. The Bertz CT molecular complexity index is 1100. The van der Waals surface area contributed by atoms with E-state index in [-0.39, 0.29) is 12.1 Å². The number of rotatable bonds is 5. The van der Waals surface area contributed by atoms with Crippen LogP contribution >= 0.6 is 0 Å². The number of carboxylic acids is 1. The van der Waals surface area contributed by atoms with Crippen molar-refractivity contribution >= 4 is 17.8 Å². The van der Waals surface area contributed by atoms with Crippen LogP contribution in [0.2, 0.25) is 0 Å². The Morgan fingerprint density at radius 1 is 1.09 bits per heavy atom. The first-order valence-corrected chi connectivity index (χ1v) is 10.6. The van der Waals surface area contributed by atoms with E-state index in [2.05, 4.69) is 5.32 Å². The van der Waals surface area contributed by atoms with Gasteiger partial charge < -0.3 is 5.11 Å². The van der Waals surface area contributed by atoms with Crippen molar-refractivity contribution in [1.82, 2.24) is 10.2 Å². The molecule has 6 nitrogen and oxygen atoms in total. The molecule has 174 valence electrons. The molecule has 0 spiro atoms. The lowest BCUT2D eigenvalue weighted by atomic mass is 9.73. The lowest BCUT2D eigenvalue weighted by Crippen LogP contribution is -2.59. The number of carbonyl (C=O) groups is 3. The van der Waals surface area contributed by atoms with Gasteiger partial charge in [-0.15, -0.1) is 0 Å². The number of imide groups is 1. The summed E-state index contributed by atoms with van der Waals surface area (Å²) >= 11 is 0. The van der Waals surface area contributed by atoms with Crippen LogP contribution in [-0.2, 0) is 27.1 Å². The molecule has 9 heteroatoms. The van der Waals surface area contributed by atoms with Crippen molar-refractivity contribution in [3.63, 3.8) is 0 Å². The summed E-state index contributed by atoms with van der Waals surface area (Å²) in [5.74, 6) is -5.54. The maximum Gasteiger partial charge on any atom is 0.416 e. The normalized spacial score (nSPS) is 27.3. The Hall–Kier alpha value is -3.20. The van der Waals surface area contributed by atoms with Crippen LogP contribution in [0.4, 0.5) is 13.2 Å². The van der Waals surface area contributed by atoms with Crippen molar-refractivity contribution < 1.29 is 32.7 Å². The number of carbonyl (C=O) groups excluding carboxylic acids is 2. The summed E-state index contributed by atoms with van der Waals surface area (Å²) < 4.78 is 40.0. The molecule has 2 aromatic carbocycles. The number of hydrogen-bond donors (Lipinski definition) is 2. The van der Waals surface area contributed by atoms with Crippen LogP contribution in [-0.4, -0.2) is 33.3 Å². The number of likely N-dealkylation sites (tertiary alicyclic amines) is 1. The quantitative estimate of drug-likeness (QED) is 0.666. The van der Waals surface area contributed by atoms with E-state index in [4.69, 9.17) is 0 Å². The lowest BCUT2D eigenvalue weighted by Gasteiger charge is -2.34. The van der Waals surface area contributed by atoms with Gasteiger partial charge in [0.15, 0.2) is 0 Å². The molecular formula is C24H23F3N2O4. The Morgan fingerprint density at radius 3 is 2.33 bits per heavy atom. The molecule has 2 N–H and O–H groups in total. The molecule has 2 aliphatic rings. The zero-order valence-corrected chi connectivity index (χ0v) is 18.0. The number of aliphatic carboxylic acids is 1. The highest BCUT2D eigenvalue weighted by Crippen LogP contribution is 2.52. The minimum absolute atomic E-state index is 0.0331. The molecule has 4 unspecified atom stereocenters. The largest absolute Gasteiger partial charge is 0.480 e. The maximum absolute atomic E-state index is 13.5. The molecule has 2 fully saturated rings. The molecule has 33 heavy (non-hydrogen) atoms. The highest BCUT2D eigenvalue weighted by atomic mass is 19.4. The van der Waals surface area contributed by atoms with Crippen molar-refractivity contribution in [3.05, 3.63) is 71.3 Å². The summed E-state index contributed by atoms with van der Waals surface area (Å²) in [6.07, 6.45) is -4.61. The van der Waals surface area contributed by atoms with Gasteiger partial charge in [-0.25, -0.2) is 0 Å². The van der Waals surface area contributed by atoms with E-state index < -0.39 is 58.9 Å². The molecule has 0 radical (unpaired) electrons. The molecule has 2 heterocycles. The van der Waals surface area contributed by atoms with E-state index in [9.17, 15) is 32.7 Å². The van der Waals surface area contributed by atoms with Gasteiger partial charge in [-0.05, 0) is 29.2 Å². The number of nitrogens with one attached hydrogen (secondary N) is 1. The van der Waals surface area contributed by atoms with Gasteiger partial charge in [0.2, 0.25) is 11.8 Å². The minimum Gasteiger partial charge on any atom is -0.480 e. The Labute approximate surface area is 188 Å². The molecule has 2 aliphatic heterocycles. The van der Waals surface area contributed by atoms with Crippen LogP contribution in [0, 0.1) is 17.8 Å². The number of amides is 2. The van der Waals surface area contributed by atoms with Gasteiger partial charge in [0.25, 0.3) is 0 Å². The number of carboxylic acid groups (broad SMARTS) is 1. The minimum atomic E-state index is -4.61. The standard InChI is InChI=1S/C24H23F3N2O4/c1-13(2)23(22(32)33)18-17(19(28-23)15-9-6-10-16(11-15)24(25,26)27)20(30)29(21(18)31)12-14-7-4-3-5-8-14/h3-11,13,17-19,28H,12H2,1-2H3,(H,32,33). The molecule has 0 saturated carbocycles. The fourth-order valence-corrected chi connectivity index (χ4v) is 5.09. The first-order chi connectivity index (χ1) is 15.5. The SMILES string of the molecule is CC(C)C1(C(=O)O)NC(c2cccc(C(F)(F)F)c2)C2C(=O)N(Cc3ccccc3)C(=O)C21. The monoisotopic (exact) mass is 460 g/mol. The van der Waals surface area contributed by atoms with Crippen molar-refractivity contribution in [2.24, 2.45) is 17.8 Å². The van der Waals surface area contributed by atoms with Gasteiger partial charge in [0.05, 0.1) is 23.9 Å². The number of benzene rings is 2. The predicted molar refractivity (Wildman–Crippen MR) is 112 cm³/mol. The second kappa shape index (κ2) is 7.98. The zero-order chi connectivity index (χ0) is 24.1. The highest BCUT2D eigenvalue weighted by Gasteiger charge is 2.69. The van der Waals surface area contributed by atoms with Gasteiger partial charge in [-0.3, -0.25) is 24.6 Å². The van der Waals surface area contributed by atoms with Crippen molar-refractivity contribution in [3.8, 4) is 0 Å². The molecule has 2 amide bonds.